The number of nitriles is 1. The van der Waals surface area contributed by atoms with Gasteiger partial charge >= 0.3 is 5.97 Å². The molecule has 0 saturated carbocycles. The average Bonchev–Trinajstić information content (AvgIpc) is 2.29. The van der Waals surface area contributed by atoms with Crippen molar-refractivity contribution in [2.45, 2.75) is 19.3 Å². The van der Waals surface area contributed by atoms with E-state index in [1.54, 1.807) is 6.08 Å². The highest BCUT2D eigenvalue weighted by Crippen LogP contribution is 2.25. The van der Waals surface area contributed by atoms with E-state index < -0.39 is 17.8 Å². The highest BCUT2D eigenvalue weighted by Gasteiger charge is 2.33. The molecule has 0 spiro atoms. The third-order valence-corrected chi connectivity index (χ3v) is 2.62. The molecule has 0 bridgehead atoms. The van der Waals surface area contributed by atoms with Crippen LogP contribution in [-0.4, -0.2) is 23.5 Å². The first kappa shape index (κ1) is 12.2. The van der Waals surface area contributed by atoms with Gasteiger partial charge in [-0.3, -0.25) is 9.59 Å². The van der Waals surface area contributed by atoms with Crippen LogP contribution >= 0.6 is 0 Å². The molecule has 16 heavy (non-hydrogen) atoms. The molecule has 0 unspecified atom stereocenters. The third kappa shape index (κ3) is 3.09. The molecule has 0 aromatic heterocycles. The van der Waals surface area contributed by atoms with E-state index in [0.717, 1.165) is 0 Å². The monoisotopic (exact) mass is 222 g/mol. The largest absolute Gasteiger partial charge is 0.481 e. The van der Waals surface area contributed by atoms with Gasteiger partial charge in [-0.05, 0) is 12.8 Å². The van der Waals surface area contributed by atoms with Crippen LogP contribution in [0.15, 0.2) is 12.2 Å². The number of carbonyl (C=O) groups excluding carboxylic acids is 1. The Morgan fingerprint density at radius 3 is 2.56 bits per heavy atom. The zero-order valence-corrected chi connectivity index (χ0v) is 8.85. The Hall–Kier alpha value is -1.83. The van der Waals surface area contributed by atoms with Crippen LogP contribution in [0.4, 0.5) is 0 Å². The predicted molar refractivity (Wildman–Crippen MR) is 56.2 cm³/mol. The summed E-state index contributed by atoms with van der Waals surface area (Å²) in [6.45, 7) is 0.280. The number of nitrogens with one attached hydrogen (secondary N) is 1. The number of carboxylic acid groups (broad SMARTS) is 1. The summed E-state index contributed by atoms with van der Waals surface area (Å²) in [5.41, 5.74) is 0. The number of aliphatic carboxylic acids is 1. The van der Waals surface area contributed by atoms with Gasteiger partial charge in [0.25, 0.3) is 0 Å². The Kier molecular flexibility index (Phi) is 4.52. The minimum atomic E-state index is -0.940. The maximum atomic E-state index is 11.7. The topological polar surface area (TPSA) is 90.2 Å². The molecule has 0 fully saturated rings. The summed E-state index contributed by atoms with van der Waals surface area (Å²) in [5, 5.41) is 19.9. The molecule has 0 aromatic carbocycles. The van der Waals surface area contributed by atoms with E-state index in [0.29, 0.717) is 12.8 Å². The molecule has 1 aliphatic carbocycles. The van der Waals surface area contributed by atoms with Crippen LogP contribution in [0.1, 0.15) is 19.3 Å². The maximum absolute atomic E-state index is 11.7. The SMILES string of the molecule is N#CCCNC(=O)[C@@H]1CC=CC[C@@H]1C(=O)O. The molecule has 1 rings (SSSR count). The van der Waals surface area contributed by atoms with Gasteiger partial charge in [-0.25, -0.2) is 0 Å². The highest BCUT2D eigenvalue weighted by atomic mass is 16.4. The summed E-state index contributed by atoms with van der Waals surface area (Å²) in [6.07, 6.45) is 4.71. The lowest BCUT2D eigenvalue weighted by Gasteiger charge is -2.23. The molecule has 1 aliphatic rings. The lowest BCUT2D eigenvalue weighted by atomic mass is 9.82. The van der Waals surface area contributed by atoms with Gasteiger partial charge in [-0.1, -0.05) is 12.2 Å². The molecule has 0 aliphatic heterocycles. The van der Waals surface area contributed by atoms with Crippen molar-refractivity contribution in [3.63, 3.8) is 0 Å². The van der Waals surface area contributed by atoms with Gasteiger partial charge in [0.05, 0.1) is 24.3 Å². The fourth-order valence-electron chi connectivity index (χ4n) is 1.75. The van der Waals surface area contributed by atoms with E-state index in [-0.39, 0.29) is 18.9 Å². The lowest BCUT2D eigenvalue weighted by Crippen LogP contribution is -2.39. The fraction of sp³-hybridized carbons (Fsp3) is 0.545. The van der Waals surface area contributed by atoms with Gasteiger partial charge in [-0.2, -0.15) is 5.26 Å². The molecule has 5 nitrogen and oxygen atoms in total. The van der Waals surface area contributed by atoms with Crippen LogP contribution in [0.3, 0.4) is 0 Å². The van der Waals surface area contributed by atoms with E-state index in [2.05, 4.69) is 5.32 Å². The van der Waals surface area contributed by atoms with Crippen LogP contribution in [0.5, 0.6) is 0 Å². The Balaban J connectivity index is 2.56. The standard InChI is InChI=1S/C11H14N2O3/c12-6-3-7-13-10(14)8-4-1-2-5-9(8)11(15)16/h1-2,8-9H,3-5,7H2,(H,13,14)(H,15,16)/t8-,9+/m1/s1. The van der Waals surface area contributed by atoms with Crippen molar-refractivity contribution in [1.82, 2.24) is 5.32 Å². The minimum absolute atomic E-state index is 0.242. The zero-order valence-electron chi connectivity index (χ0n) is 8.85. The number of hydrogen-bond acceptors (Lipinski definition) is 3. The van der Waals surface area contributed by atoms with Crippen molar-refractivity contribution >= 4 is 11.9 Å². The van der Waals surface area contributed by atoms with E-state index in [1.165, 1.54) is 0 Å². The molecule has 86 valence electrons. The number of carbonyl (C=O) groups is 2. The van der Waals surface area contributed by atoms with Crippen molar-refractivity contribution in [3.05, 3.63) is 12.2 Å². The Labute approximate surface area is 93.8 Å². The minimum Gasteiger partial charge on any atom is -0.481 e. The number of carboxylic acids is 1. The quantitative estimate of drug-likeness (QED) is 0.540. The first-order valence-electron chi connectivity index (χ1n) is 5.19. The van der Waals surface area contributed by atoms with E-state index in [4.69, 9.17) is 10.4 Å². The van der Waals surface area contributed by atoms with Crippen LogP contribution in [0.2, 0.25) is 0 Å². The van der Waals surface area contributed by atoms with Gasteiger partial charge in [0.2, 0.25) is 5.91 Å². The molecule has 2 N–H and O–H groups in total. The third-order valence-electron chi connectivity index (χ3n) is 2.62. The summed E-state index contributed by atoms with van der Waals surface area (Å²) in [4.78, 5) is 22.6. The zero-order chi connectivity index (χ0) is 12.0. The van der Waals surface area contributed by atoms with Crippen LogP contribution < -0.4 is 5.32 Å². The highest BCUT2D eigenvalue weighted by molar-refractivity contribution is 5.85. The molecular weight excluding hydrogens is 208 g/mol. The summed E-state index contributed by atoms with van der Waals surface area (Å²) < 4.78 is 0. The number of rotatable bonds is 4. The molecule has 1 amide bonds. The van der Waals surface area contributed by atoms with Crippen molar-refractivity contribution in [2.75, 3.05) is 6.54 Å². The second-order valence-electron chi connectivity index (χ2n) is 3.69. The van der Waals surface area contributed by atoms with Crippen molar-refractivity contribution in [3.8, 4) is 6.07 Å². The van der Waals surface area contributed by atoms with Crippen LogP contribution in [-0.2, 0) is 9.59 Å². The summed E-state index contributed by atoms with van der Waals surface area (Å²) >= 11 is 0. The molecule has 0 aromatic rings. The molecule has 0 heterocycles. The number of allylic oxidation sites excluding steroid dienone is 2. The van der Waals surface area contributed by atoms with E-state index >= 15 is 0 Å². The predicted octanol–water partition coefficient (Wildman–Crippen LogP) is 0.683. The smallest absolute Gasteiger partial charge is 0.307 e. The van der Waals surface area contributed by atoms with Crippen molar-refractivity contribution in [2.24, 2.45) is 11.8 Å². The Morgan fingerprint density at radius 2 is 2.00 bits per heavy atom. The Morgan fingerprint density at radius 1 is 1.38 bits per heavy atom. The van der Waals surface area contributed by atoms with Gasteiger partial charge in [-0.15, -0.1) is 0 Å². The first-order valence-corrected chi connectivity index (χ1v) is 5.19. The lowest BCUT2D eigenvalue weighted by molar-refractivity contribution is -0.147. The van der Waals surface area contributed by atoms with E-state index in [9.17, 15) is 9.59 Å². The molecule has 0 radical (unpaired) electrons. The average molecular weight is 222 g/mol. The normalized spacial score (nSPS) is 23.4. The molecule has 2 atom stereocenters. The van der Waals surface area contributed by atoms with Crippen molar-refractivity contribution < 1.29 is 14.7 Å². The summed E-state index contributed by atoms with van der Waals surface area (Å²) in [6, 6.07) is 1.91. The molecule has 0 saturated heterocycles. The second-order valence-corrected chi connectivity index (χ2v) is 3.69. The van der Waals surface area contributed by atoms with Crippen LogP contribution in [0, 0.1) is 23.2 Å². The van der Waals surface area contributed by atoms with Crippen molar-refractivity contribution in [1.29, 1.82) is 5.26 Å². The van der Waals surface area contributed by atoms with Gasteiger partial charge in [0.1, 0.15) is 0 Å². The number of hydrogen-bond donors (Lipinski definition) is 2. The Bertz CT molecular complexity index is 344. The van der Waals surface area contributed by atoms with Gasteiger partial charge in [0, 0.05) is 6.54 Å². The van der Waals surface area contributed by atoms with Gasteiger partial charge in [0.15, 0.2) is 0 Å². The second kappa shape index (κ2) is 5.91. The first-order chi connectivity index (χ1) is 7.66. The fourth-order valence-corrected chi connectivity index (χ4v) is 1.75. The molecular formula is C11H14N2O3. The van der Waals surface area contributed by atoms with Gasteiger partial charge < -0.3 is 10.4 Å². The summed E-state index contributed by atoms with van der Waals surface area (Å²) in [5.74, 6) is -2.37. The molecule has 5 heteroatoms. The van der Waals surface area contributed by atoms with Crippen LogP contribution in [0.25, 0.3) is 0 Å². The summed E-state index contributed by atoms with van der Waals surface area (Å²) in [7, 11) is 0. The number of amides is 1. The maximum Gasteiger partial charge on any atom is 0.307 e. The number of nitrogens with zero attached hydrogens (tertiary/aromatic N) is 1. The van der Waals surface area contributed by atoms with E-state index in [1.807, 2.05) is 12.1 Å².